The number of rotatable bonds is 3. The van der Waals surface area contributed by atoms with Gasteiger partial charge in [-0.3, -0.25) is 9.80 Å². The molecule has 0 aliphatic heterocycles. The van der Waals surface area contributed by atoms with Crippen molar-refractivity contribution in [1.82, 2.24) is 0 Å². The number of benzene rings is 2. The summed E-state index contributed by atoms with van der Waals surface area (Å²) in [6, 6.07) is 17.6. The van der Waals surface area contributed by atoms with Crippen LogP contribution < -0.4 is 9.80 Å². The summed E-state index contributed by atoms with van der Waals surface area (Å²) in [6.45, 7) is 0. The lowest BCUT2D eigenvalue weighted by Crippen LogP contribution is -2.46. The van der Waals surface area contributed by atoms with Gasteiger partial charge in [0.2, 0.25) is 0 Å². The fourth-order valence-electron chi connectivity index (χ4n) is 3.17. The lowest BCUT2D eigenvalue weighted by atomic mass is 10.2. The van der Waals surface area contributed by atoms with Crippen molar-refractivity contribution in [3.63, 3.8) is 0 Å². The van der Waals surface area contributed by atoms with Gasteiger partial charge in [-0.15, -0.1) is 0 Å². The second kappa shape index (κ2) is 7.05. The first-order valence-corrected chi connectivity index (χ1v) is 8.42. The van der Waals surface area contributed by atoms with Crippen molar-refractivity contribution in [2.75, 3.05) is 16.8 Å². The Balaban J connectivity index is 1.91. The van der Waals surface area contributed by atoms with Crippen LogP contribution in [0.5, 0.6) is 0 Å². The van der Waals surface area contributed by atoms with Gasteiger partial charge >= 0.3 is 6.03 Å². The molecule has 3 rings (SSSR count). The molecule has 1 aliphatic rings. The van der Waals surface area contributed by atoms with Crippen molar-refractivity contribution in [2.45, 2.75) is 31.7 Å². The molecule has 2 amide bonds. The van der Waals surface area contributed by atoms with Gasteiger partial charge in [-0.05, 0) is 49.2 Å². The van der Waals surface area contributed by atoms with Gasteiger partial charge < -0.3 is 0 Å². The molecule has 0 aromatic heterocycles. The molecular formula is C19H21ClN2O. The molecule has 3 nitrogen and oxygen atoms in total. The monoisotopic (exact) mass is 328 g/mol. The van der Waals surface area contributed by atoms with Crippen LogP contribution in [0.3, 0.4) is 0 Å². The van der Waals surface area contributed by atoms with Crippen molar-refractivity contribution in [3.05, 3.63) is 59.6 Å². The van der Waals surface area contributed by atoms with Crippen LogP contribution >= 0.6 is 11.6 Å². The number of para-hydroxylation sites is 1. The Labute approximate surface area is 142 Å². The zero-order valence-electron chi connectivity index (χ0n) is 13.3. The lowest BCUT2D eigenvalue weighted by Gasteiger charge is -2.33. The van der Waals surface area contributed by atoms with Gasteiger partial charge in [-0.2, -0.15) is 0 Å². The van der Waals surface area contributed by atoms with Crippen LogP contribution in [0, 0.1) is 0 Å². The highest BCUT2D eigenvalue weighted by molar-refractivity contribution is 6.30. The Hall–Kier alpha value is -2.00. The van der Waals surface area contributed by atoms with E-state index in [4.69, 9.17) is 11.6 Å². The maximum Gasteiger partial charge on any atom is 0.328 e. The molecule has 0 saturated heterocycles. The Morgan fingerprint density at radius 3 is 2.17 bits per heavy atom. The number of amides is 2. The van der Waals surface area contributed by atoms with Gasteiger partial charge in [0.1, 0.15) is 0 Å². The maximum absolute atomic E-state index is 13.1. The molecule has 0 spiro atoms. The smallest absolute Gasteiger partial charge is 0.297 e. The third-order valence-corrected chi connectivity index (χ3v) is 4.68. The number of carbonyl (C=O) groups is 1. The number of halogens is 1. The summed E-state index contributed by atoms with van der Waals surface area (Å²) in [5.74, 6) is 0. The predicted octanol–water partition coefficient (Wildman–Crippen LogP) is 5.35. The van der Waals surface area contributed by atoms with Crippen LogP contribution in [0.4, 0.5) is 16.2 Å². The maximum atomic E-state index is 13.1. The molecule has 0 bridgehead atoms. The van der Waals surface area contributed by atoms with Crippen molar-refractivity contribution >= 4 is 29.0 Å². The topological polar surface area (TPSA) is 23.6 Å². The van der Waals surface area contributed by atoms with Gasteiger partial charge in [-0.1, -0.05) is 42.6 Å². The van der Waals surface area contributed by atoms with E-state index >= 15 is 0 Å². The first kappa shape index (κ1) is 15.9. The quantitative estimate of drug-likeness (QED) is 0.745. The van der Waals surface area contributed by atoms with E-state index < -0.39 is 0 Å². The van der Waals surface area contributed by atoms with E-state index in [2.05, 4.69) is 0 Å². The van der Waals surface area contributed by atoms with E-state index in [9.17, 15) is 4.79 Å². The minimum Gasteiger partial charge on any atom is -0.297 e. The summed E-state index contributed by atoms with van der Waals surface area (Å²) >= 11 is 6.00. The molecule has 2 aromatic carbocycles. The fourth-order valence-corrected chi connectivity index (χ4v) is 3.29. The van der Waals surface area contributed by atoms with Gasteiger partial charge in [0, 0.05) is 29.5 Å². The molecular weight excluding hydrogens is 308 g/mol. The Morgan fingerprint density at radius 2 is 1.57 bits per heavy atom. The van der Waals surface area contributed by atoms with Crippen LogP contribution in [0.1, 0.15) is 25.7 Å². The third kappa shape index (κ3) is 3.50. The van der Waals surface area contributed by atoms with Crippen molar-refractivity contribution < 1.29 is 4.79 Å². The third-order valence-electron chi connectivity index (χ3n) is 4.43. The Bertz CT molecular complexity index is 651. The molecule has 120 valence electrons. The van der Waals surface area contributed by atoms with Crippen LogP contribution in [-0.2, 0) is 0 Å². The number of hydrogen-bond donors (Lipinski definition) is 0. The van der Waals surface area contributed by atoms with Crippen LogP contribution in [0.2, 0.25) is 5.02 Å². The molecule has 4 heteroatoms. The summed E-state index contributed by atoms with van der Waals surface area (Å²) in [5.41, 5.74) is 1.81. The van der Waals surface area contributed by atoms with Gasteiger partial charge in [0.05, 0.1) is 0 Å². The second-order valence-corrected chi connectivity index (χ2v) is 6.40. The first-order chi connectivity index (χ1) is 11.2. The molecule has 2 aromatic rings. The SMILES string of the molecule is CN(C(=O)N(c1ccc(Cl)cc1)C1CCCC1)c1ccccc1. The average molecular weight is 329 g/mol. The highest BCUT2D eigenvalue weighted by Crippen LogP contribution is 2.30. The second-order valence-electron chi connectivity index (χ2n) is 5.96. The number of carbonyl (C=O) groups excluding carboxylic acids is 1. The fraction of sp³-hybridized carbons (Fsp3) is 0.316. The van der Waals surface area contributed by atoms with E-state index in [0.29, 0.717) is 5.02 Å². The Morgan fingerprint density at radius 1 is 0.957 bits per heavy atom. The minimum atomic E-state index is 0.00502. The number of urea groups is 1. The normalized spacial score (nSPS) is 14.7. The number of anilines is 2. The van der Waals surface area contributed by atoms with E-state index in [-0.39, 0.29) is 12.1 Å². The summed E-state index contributed by atoms with van der Waals surface area (Å²) < 4.78 is 0. The molecule has 0 radical (unpaired) electrons. The van der Waals surface area contributed by atoms with Gasteiger partial charge in [0.25, 0.3) is 0 Å². The summed E-state index contributed by atoms with van der Waals surface area (Å²) in [4.78, 5) is 16.8. The summed E-state index contributed by atoms with van der Waals surface area (Å²) in [5, 5.41) is 0.684. The Kier molecular flexibility index (Phi) is 4.87. The van der Waals surface area contributed by atoms with Gasteiger partial charge in [0.15, 0.2) is 0 Å². The van der Waals surface area contributed by atoms with Crippen molar-refractivity contribution in [3.8, 4) is 0 Å². The van der Waals surface area contributed by atoms with Crippen LogP contribution in [-0.4, -0.2) is 19.1 Å². The van der Waals surface area contributed by atoms with Crippen molar-refractivity contribution in [2.24, 2.45) is 0 Å². The summed E-state index contributed by atoms with van der Waals surface area (Å²) in [7, 11) is 1.83. The zero-order chi connectivity index (χ0) is 16.2. The van der Waals surface area contributed by atoms with Crippen molar-refractivity contribution in [1.29, 1.82) is 0 Å². The van der Waals surface area contributed by atoms with Crippen LogP contribution in [0.15, 0.2) is 54.6 Å². The molecule has 0 N–H and O–H groups in total. The van der Waals surface area contributed by atoms with Crippen LogP contribution in [0.25, 0.3) is 0 Å². The van der Waals surface area contributed by atoms with E-state index in [1.54, 1.807) is 4.90 Å². The van der Waals surface area contributed by atoms with Gasteiger partial charge in [-0.25, -0.2) is 4.79 Å². The van der Waals surface area contributed by atoms with E-state index in [1.165, 1.54) is 12.8 Å². The molecule has 0 heterocycles. The molecule has 23 heavy (non-hydrogen) atoms. The number of nitrogens with zero attached hydrogens (tertiary/aromatic N) is 2. The molecule has 0 atom stereocenters. The van der Waals surface area contributed by atoms with E-state index in [1.807, 2.05) is 66.5 Å². The highest BCUT2D eigenvalue weighted by Gasteiger charge is 2.30. The molecule has 0 unspecified atom stereocenters. The number of hydrogen-bond acceptors (Lipinski definition) is 1. The summed E-state index contributed by atoms with van der Waals surface area (Å²) in [6.07, 6.45) is 4.46. The molecule has 1 saturated carbocycles. The molecule has 1 fully saturated rings. The minimum absolute atomic E-state index is 0.00502. The predicted molar refractivity (Wildman–Crippen MR) is 96.4 cm³/mol. The largest absolute Gasteiger partial charge is 0.328 e. The first-order valence-electron chi connectivity index (χ1n) is 8.04. The lowest BCUT2D eigenvalue weighted by molar-refractivity contribution is 0.250. The van der Waals surface area contributed by atoms with E-state index in [0.717, 1.165) is 24.2 Å². The molecule has 1 aliphatic carbocycles. The zero-order valence-corrected chi connectivity index (χ0v) is 14.0. The standard InChI is InChI=1S/C19H21ClN2O/c1-21(16-7-3-2-4-8-16)19(23)22(17-9-5-6-10-17)18-13-11-15(20)12-14-18/h2-4,7-8,11-14,17H,5-6,9-10H2,1H3. The average Bonchev–Trinajstić information content (AvgIpc) is 3.11. The highest BCUT2D eigenvalue weighted by atomic mass is 35.5.